The highest BCUT2D eigenvalue weighted by molar-refractivity contribution is 5.67. The fraction of sp³-hybridized carbons (Fsp3) is 0.273. The summed E-state index contributed by atoms with van der Waals surface area (Å²) >= 11 is 0. The zero-order valence-corrected chi connectivity index (χ0v) is 6.96. The molecule has 0 radical (unpaired) electrons. The Morgan fingerprint density at radius 3 is 2.42 bits per heavy atom. The van der Waals surface area contributed by atoms with Crippen molar-refractivity contribution in [1.82, 2.24) is 0 Å². The molecule has 0 aliphatic heterocycles. The lowest BCUT2D eigenvalue weighted by molar-refractivity contribution is 0.475. The molecule has 0 atom stereocenters. The molecule has 1 aromatic rings. The van der Waals surface area contributed by atoms with Crippen LogP contribution < -0.4 is 0 Å². The molecule has 0 unspecified atom stereocenters. The predicted molar refractivity (Wildman–Crippen MR) is 49.9 cm³/mol. The van der Waals surface area contributed by atoms with Crippen LogP contribution in [0.4, 0.5) is 0 Å². The fourth-order valence-corrected chi connectivity index (χ4v) is 1.61. The average Bonchev–Trinajstić information content (AvgIpc) is 2.58. The number of rotatable bonds is 1. The first-order chi connectivity index (χ1) is 5.86. The SMILES string of the molecule is Oc1ccc(C2=CCCC2)cc1. The summed E-state index contributed by atoms with van der Waals surface area (Å²) in [6, 6.07) is 7.45. The maximum Gasteiger partial charge on any atom is 0.115 e. The molecule has 0 amide bonds. The summed E-state index contributed by atoms with van der Waals surface area (Å²) in [7, 11) is 0. The van der Waals surface area contributed by atoms with Crippen LogP contribution in [0.2, 0.25) is 0 Å². The topological polar surface area (TPSA) is 20.2 Å². The van der Waals surface area contributed by atoms with Crippen molar-refractivity contribution in [2.75, 3.05) is 0 Å². The van der Waals surface area contributed by atoms with Crippen LogP contribution >= 0.6 is 0 Å². The summed E-state index contributed by atoms with van der Waals surface area (Å²) in [6.07, 6.45) is 5.95. The molecule has 1 aromatic carbocycles. The monoisotopic (exact) mass is 160 g/mol. The molecule has 2 rings (SSSR count). The Kier molecular flexibility index (Phi) is 1.86. The zero-order valence-electron chi connectivity index (χ0n) is 6.96. The van der Waals surface area contributed by atoms with Crippen LogP contribution in [-0.4, -0.2) is 5.11 Å². The van der Waals surface area contributed by atoms with Gasteiger partial charge in [0.05, 0.1) is 0 Å². The van der Waals surface area contributed by atoms with E-state index >= 15 is 0 Å². The number of aromatic hydroxyl groups is 1. The fourth-order valence-electron chi connectivity index (χ4n) is 1.61. The minimum absolute atomic E-state index is 0.345. The third-order valence-electron chi connectivity index (χ3n) is 2.28. The summed E-state index contributed by atoms with van der Waals surface area (Å²) in [6.45, 7) is 0. The van der Waals surface area contributed by atoms with E-state index in [1.54, 1.807) is 12.1 Å². The summed E-state index contributed by atoms with van der Waals surface area (Å²) in [5, 5.41) is 9.08. The van der Waals surface area contributed by atoms with Gasteiger partial charge in [0.25, 0.3) is 0 Å². The Balaban J connectivity index is 2.28. The van der Waals surface area contributed by atoms with Crippen molar-refractivity contribution in [3.8, 4) is 5.75 Å². The lowest BCUT2D eigenvalue weighted by Crippen LogP contribution is -1.78. The number of benzene rings is 1. The smallest absolute Gasteiger partial charge is 0.115 e. The van der Waals surface area contributed by atoms with E-state index in [0.717, 1.165) is 0 Å². The predicted octanol–water partition coefficient (Wildman–Crippen LogP) is 2.96. The first-order valence-electron chi connectivity index (χ1n) is 4.35. The molecule has 1 aliphatic carbocycles. The Bertz CT molecular complexity index is 295. The molecule has 0 heterocycles. The lowest BCUT2D eigenvalue weighted by Gasteiger charge is -2.00. The van der Waals surface area contributed by atoms with Gasteiger partial charge in [0.15, 0.2) is 0 Å². The number of hydrogen-bond donors (Lipinski definition) is 1. The van der Waals surface area contributed by atoms with E-state index < -0.39 is 0 Å². The normalized spacial score (nSPS) is 16.2. The van der Waals surface area contributed by atoms with Gasteiger partial charge in [-0.25, -0.2) is 0 Å². The van der Waals surface area contributed by atoms with Crippen LogP contribution in [0.25, 0.3) is 5.57 Å². The molecule has 12 heavy (non-hydrogen) atoms. The molecule has 0 saturated heterocycles. The largest absolute Gasteiger partial charge is 0.508 e. The zero-order chi connectivity index (χ0) is 8.39. The molecule has 1 heteroatoms. The maximum absolute atomic E-state index is 9.08. The number of phenols is 1. The summed E-state index contributed by atoms with van der Waals surface area (Å²) in [5.74, 6) is 0.345. The van der Waals surface area contributed by atoms with Gasteiger partial charge in [0.2, 0.25) is 0 Å². The second-order valence-electron chi connectivity index (χ2n) is 3.17. The molecule has 0 bridgehead atoms. The van der Waals surface area contributed by atoms with Gasteiger partial charge in [-0.1, -0.05) is 18.2 Å². The van der Waals surface area contributed by atoms with Crippen LogP contribution in [0.1, 0.15) is 24.8 Å². The number of hydrogen-bond acceptors (Lipinski definition) is 1. The second kappa shape index (κ2) is 3.02. The van der Waals surface area contributed by atoms with Gasteiger partial charge in [-0.3, -0.25) is 0 Å². The first kappa shape index (κ1) is 7.41. The van der Waals surface area contributed by atoms with Gasteiger partial charge >= 0.3 is 0 Å². The van der Waals surface area contributed by atoms with Crippen molar-refractivity contribution in [2.24, 2.45) is 0 Å². The summed E-state index contributed by atoms with van der Waals surface area (Å²) in [5.41, 5.74) is 2.68. The van der Waals surface area contributed by atoms with E-state index in [4.69, 9.17) is 5.11 Å². The van der Waals surface area contributed by atoms with E-state index in [9.17, 15) is 0 Å². The molecular weight excluding hydrogens is 148 g/mol. The van der Waals surface area contributed by atoms with Crippen LogP contribution in [-0.2, 0) is 0 Å². The van der Waals surface area contributed by atoms with Gasteiger partial charge in [-0.2, -0.15) is 0 Å². The molecule has 0 saturated carbocycles. The van der Waals surface area contributed by atoms with Gasteiger partial charge in [0.1, 0.15) is 5.75 Å². The minimum atomic E-state index is 0.345. The molecule has 0 spiro atoms. The lowest BCUT2D eigenvalue weighted by atomic mass is 10.1. The van der Waals surface area contributed by atoms with Crippen LogP contribution in [0.3, 0.4) is 0 Å². The Labute approximate surface area is 72.4 Å². The van der Waals surface area contributed by atoms with Gasteiger partial charge < -0.3 is 5.11 Å². The molecule has 0 fully saturated rings. The number of phenolic OH excluding ortho intramolecular Hbond substituents is 1. The van der Waals surface area contributed by atoms with Crippen LogP contribution in [0.15, 0.2) is 30.3 Å². The Morgan fingerprint density at radius 1 is 1.08 bits per heavy atom. The molecular formula is C11H12O. The molecule has 1 aliphatic rings. The van der Waals surface area contributed by atoms with Crippen molar-refractivity contribution in [3.63, 3.8) is 0 Å². The van der Waals surface area contributed by atoms with E-state index in [1.165, 1.54) is 30.4 Å². The van der Waals surface area contributed by atoms with Crippen molar-refractivity contribution in [3.05, 3.63) is 35.9 Å². The minimum Gasteiger partial charge on any atom is -0.508 e. The summed E-state index contributed by atoms with van der Waals surface area (Å²) < 4.78 is 0. The van der Waals surface area contributed by atoms with Gasteiger partial charge in [-0.05, 0) is 42.5 Å². The quantitative estimate of drug-likeness (QED) is 0.669. The van der Waals surface area contributed by atoms with E-state index in [0.29, 0.717) is 5.75 Å². The maximum atomic E-state index is 9.08. The Hall–Kier alpha value is -1.24. The molecule has 0 aromatic heterocycles. The van der Waals surface area contributed by atoms with Gasteiger partial charge in [-0.15, -0.1) is 0 Å². The second-order valence-corrected chi connectivity index (χ2v) is 3.17. The highest BCUT2D eigenvalue weighted by atomic mass is 16.3. The van der Waals surface area contributed by atoms with Gasteiger partial charge in [0, 0.05) is 0 Å². The van der Waals surface area contributed by atoms with Crippen LogP contribution in [0, 0.1) is 0 Å². The summed E-state index contributed by atoms with van der Waals surface area (Å²) in [4.78, 5) is 0. The van der Waals surface area contributed by atoms with E-state index in [-0.39, 0.29) is 0 Å². The van der Waals surface area contributed by atoms with Crippen molar-refractivity contribution in [2.45, 2.75) is 19.3 Å². The highest BCUT2D eigenvalue weighted by Gasteiger charge is 2.05. The third-order valence-corrected chi connectivity index (χ3v) is 2.28. The average molecular weight is 160 g/mol. The molecule has 1 nitrogen and oxygen atoms in total. The molecule has 62 valence electrons. The van der Waals surface area contributed by atoms with Crippen LogP contribution in [0.5, 0.6) is 5.75 Å². The van der Waals surface area contributed by atoms with Crippen molar-refractivity contribution in [1.29, 1.82) is 0 Å². The van der Waals surface area contributed by atoms with Crippen molar-refractivity contribution >= 4 is 5.57 Å². The highest BCUT2D eigenvalue weighted by Crippen LogP contribution is 2.28. The number of allylic oxidation sites excluding steroid dienone is 2. The standard InChI is InChI=1S/C11H12O/c12-11-7-5-10(6-8-11)9-3-1-2-4-9/h3,5-8,12H,1-2,4H2. The first-order valence-corrected chi connectivity index (χ1v) is 4.35. The van der Waals surface area contributed by atoms with E-state index in [1.807, 2.05) is 12.1 Å². The van der Waals surface area contributed by atoms with E-state index in [2.05, 4.69) is 6.08 Å². The third kappa shape index (κ3) is 1.35. The Morgan fingerprint density at radius 2 is 1.83 bits per heavy atom. The van der Waals surface area contributed by atoms with Crippen molar-refractivity contribution < 1.29 is 5.11 Å². The molecule has 1 N–H and O–H groups in total.